The molecular weight excluding hydrogens is 319 g/mol. The van der Waals surface area contributed by atoms with Gasteiger partial charge in [0.15, 0.2) is 0 Å². The van der Waals surface area contributed by atoms with Gasteiger partial charge in [0.1, 0.15) is 11.4 Å². The van der Waals surface area contributed by atoms with E-state index in [-0.39, 0.29) is 11.7 Å². The number of carbonyl (C=O) groups is 1. The highest BCUT2D eigenvalue weighted by Crippen LogP contribution is 2.35. The van der Waals surface area contributed by atoms with Gasteiger partial charge in [0, 0.05) is 24.8 Å². The van der Waals surface area contributed by atoms with Crippen molar-refractivity contribution >= 4 is 11.6 Å². The highest BCUT2D eigenvalue weighted by Gasteiger charge is 2.41. The summed E-state index contributed by atoms with van der Waals surface area (Å²) in [6.07, 6.45) is 0.870. The first kappa shape index (κ1) is 16.1. The van der Waals surface area contributed by atoms with Crippen molar-refractivity contribution in [2.75, 3.05) is 32.1 Å². The Bertz CT molecular complexity index is 825. The molecule has 0 bridgehead atoms. The van der Waals surface area contributed by atoms with E-state index in [1.165, 1.54) is 6.07 Å². The molecule has 0 spiro atoms. The molecule has 5 heteroatoms. The minimum absolute atomic E-state index is 0.0467. The third-order valence-electron chi connectivity index (χ3n) is 5.08. The number of fused-ring (bicyclic) bond motifs is 1. The van der Waals surface area contributed by atoms with E-state index in [1.807, 2.05) is 38.2 Å². The largest absolute Gasteiger partial charge is 0.376 e. The number of hydrogen-bond donors (Lipinski definition) is 1. The summed E-state index contributed by atoms with van der Waals surface area (Å²) in [6, 6.07) is 11.0. The van der Waals surface area contributed by atoms with E-state index in [1.54, 1.807) is 11.0 Å². The van der Waals surface area contributed by atoms with Crippen molar-refractivity contribution < 1.29 is 13.9 Å². The van der Waals surface area contributed by atoms with Crippen LogP contribution in [0.15, 0.2) is 36.4 Å². The van der Waals surface area contributed by atoms with Crippen LogP contribution >= 0.6 is 0 Å². The SMILES string of the molecule is Cc1cc(F)cc(C2(Nc3ccc4c(c3)C(=O)N(C)CC4)COC2)c1. The van der Waals surface area contributed by atoms with Crippen LogP contribution in [-0.2, 0) is 16.7 Å². The van der Waals surface area contributed by atoms with Crippen molar-refractivity contribution in [1.29, 1.82) is 0 Å². The predicted molar refractivity (Wildman–Crippen MR) is 94.4 cm³/mol. The zero-order valence-corrected chi connectivity index (χ0v) is 14.4. The van der Waals surface area contributed by atoms with E-state index in [0.717, 1.165) is 40.9 Å². The fourth-order valence-corrected chi connectivity index (χ4v) is 3.57. The lowest BCUT2D eigenvalue weighted by atomic mass is 9.86. The number of rotatable bonds is 3. The molecule has 2 aliphatic rings. The fourth-order valence-electron chi connectivity index (χ4n) is 3.57. The summed E-state index contributed by atoms with van der Waals surface area (Å²) in [5, 5.41) is 3.49. The van der Waals surface area contributed by atoms with Gasteiger partial charge in [-0.3, -0.25) is 4.79 Å². The second-order valence-corrected chi connectivity index (χ2v) is 7.07. The molecule has 130 valence electrons. The molecular formula is C20H21FN2O2. The van der Waals surface area contributed by atoms with Crippen molar-refractivity contribution in [3.63, 3.8) is 0 Å². The zero-order valence-electron chi connectivity index (χ0n) is 14.4. The Morgan fingerprint density at radius 3 is 2.68 bits per heavy atom. The third kappa shape index (κ3) is 2.78. The van der Waals surface area contributed by atoms with Gasteiger partial charge in [-0.15, -0.1) is 0 Å². The van der Waals surface area contributed by atoms with Crippen LogP contribution in [0.5, 0.6) is 0 Å². The lowest BCUT2D eigenvalue weighted by Crippen LogP contribution is -2.53. The second-order valence-electron chi connectivity index (χ2n) is 7.07. The lowest BCUT2D eigenvalue weighted by Gasteiger charge is -2.43. The number of carbonyl (C=O) groups excluding carboxylic acids is 1. The van der Waals surface area contributed by atoms with E-state index < -0.39 is 5.54 Å². The minimum atomic E-state index is -0.454. The lowest BCUT2D eigenvalue weighted by molar-refractivity contribution is -0.0448. The zero-order chi connectivity index (χ0) is 17.6. The Morgan fingerprint density at radius 1 is 1.20 bits per heavy atom. The molecule has 0 radical (unpaired) electrons. The molecule has 2 aliphatic heterocycles. The number of hydrogen-bond acceptors (Lipinski definition) is 3. The van der Waals surface area contributed by atoms with Gasteiger partial charge in [0.2, 0.25) is 0 Å². The van der Waals surface area contributed by atoms with Gasteiger partial charge in [-0.25, -0.2) is 4.39 Å². The predicted octanol–water partition coefficient (Wildman–Crippen LogP) is 3.10. The topological polar surface area (TPSA) is 41.6 Å². The van der Waals surface area contributed by atoms with Crippen LogP contribution in [-0.4, -0.2) is 37.6 Å². The molecule has 25 heavy (non-hydrogen) atoms. The van der Waals surface area contributed by atoms with Gasteiger partial charge in [-0.05, 0) is 54.3 Å². The van der Waals surface area contributed by atoms with E-state index >= 15 is 0 Å². The molecule has 1 saturated heterocycles. The number of amides is 1. The average molecular weight is 340 g/mol. The monoisotopic (exact) mass is 340 g/mol. The van der Waals surface area contributed by atoms with Crippen LogP contribution in [0, 0.1) is 12.7 Å². The van der Waals surface area contributed by atoms with Crippen LogP contribution < -0.4 is 5.32 Å². The minimum Gasteiger partial charge on any atom is -0.376 e. The first-order valence-electron chi connectivity index (χ1n) is 8.49. The Kier molecular flexibility index (Phi) is 3.76. The van der Waals surface area contributed by atoms with Crippen LogP contribution in [0.3, 0.4) is 0 Å². The van der Waals surface area contributed by atoms with Crippen molar-refractivity contribution in [3.8, 4) is 0 Å². The molecule has 2 aromatic carbocycles. The maximum Gasteiger partial charge on any atom is 0.253 e. The molecule has 1 N–H and O–H groups in total. The van der Waals surface area contributed by atoms with Gasteiger partial charge in [-0.1, -0.05) is 12.1 Å². The Morgan fingerprint density at radius 2 is 2.00 bits per heavy atom. The summed E-state index contributed by atoms with van der Waals surface area (Å²) in [7, 11) is 1.82. The molecule has 4 nitrogen and oxygen atoms in total. The Balaban J connectivity index is 1.68. The molecule has 0 aliphatic carbocycles. The van der Waals surface area contributed by atoms with E-state index in [4.69, 9.17) is 4.74 Å². The quantitative estimate of drug-likeness (QED) is 0.933. The summed E-state index contributed by atoms with van der Waals surface area (Å²) in [5.41, 5.74) is 3.97. The molecule has 0 aromatic heterocycles. The standard InChI is InChI=1S/C20H21FN2O2/c1-13-7-15(9-16(21)8-13)20(11-25-12-20)22-17-4-3-14-5-6-23(2)19(24)18(14)10-17/h3-4,7-10,22H,5-6,11-12H2,1-2H3. The summed E-state index contributed by atoms with van der Waals surface area (Å²) in [6.45, 7) is 3.58. The summed E-state index contributed by atoms with van der Waals surface area (Å²) >= 11 is 0. The van der Waals surface area contributed by atoms with Crippen LogP contribution in [0.2, 0.25) is 0 Å². The van der Waals surface area contributed by atoms with Crippen molar-refractivity contribution in [2.45, 2.75) is 18.9 Å². The van der Waals surface area contributed by atoms with Crippen LogP contribution in [0.25, 0.3) is 0 Å². The maximum absolute atomic E-state index is 13.9. The number of benzene rings is 2. The number of nitrogens with one attached hydrogen (secondary N) is 1. The van der Waals surface area contributed by atoms with Gasteiger partial charge < -0.3 is 15.0 Å². The summed E-state index contributed by atoms with van der Waals surface area (Å²) in [4.78, 5) is 14.1. The molecule has 2 aromatic rings. The van der Waals surface area contributed by atoms with E-state index in [9.17, 15) is 9.18 Å². The van der Waals surface area contributed by atoms with Crippen molar-refractivity contribution in [3.05, 3.63) is 64.5 Å². The highest BCUT2D eigenvalue weighted by atomic mass is 19.1. The number of nitrogens with zero attached hydrogens (tertiary/aromatic N) is 1. The molecule has 1 fully saturated rings. The van der Waals surface area contributed by atoms with Crippen LogP contribution in [0.1, 0.15) is 27.0 Å². The van der Waals surface area contributed by atoms with Crippen molar-refractivity contribution in [1.82, 2.24) is 4.90 Å². The van der Waals surface area contributed by atoms with Crippen LogP contribution in [0.4, 0.5) is 10.1 Å². The maximum atomic E-state index is 13.9. The molecule has 1 amide bonds. The summed E-state index contributed by atoms with van der Waals surface area (Å²) in [5.74, 6) is -0.198. The molecule has 0 atom stereocenters. The highest BCUT2D eigenvalue weighted by molar-refractivity contribution is 5.97. The molecule has 4 rings (SSSR count). The van der Waals surface area contributed by atoms with E-state index in [2.05, 4.69) is 5.32 Å². The molecule has 2 heterocycles. The summed E-state index contributed by atoms with van der Waals surface area (Å²) < 4.78 is 19.3. The third-order valence-corrected chi connectivity index (χ3v) is 5.08. The normalized spacial score (nSPS) is 18.5. The number of likely N-dealkylation sites (N-methyl/N-ethyl adjacent to an activating group) is 1. The average Bonchev–Trinajstić information content (AvgIpc) is 2.54. The van der Waals surface area contributed by atoms with Gasteiger partial charge >= 0.3 is 0 Å². The van der Waals surface area contributed by atoms with Gasteiger partial charge in [0.25, 0.3) is 5.91 Å². The Labute approximate surface area is 146 Å². The molecule has 0 unspecified atom stereocenters. The first-order chi connectivity index (χ1) is 12.0. The number of anilines is 1. The number of halogens is 1. The Hall–Kier alpha value is -2.40. The van der Waals surface area contributed by atoms with Crippen molar-refractivity contribution in [2.24, 2.45) is 0 Å². The smallest absolute Gasteiger partial charge is 0.253 e. The van der Waals surface area contributed by atoms with Gasteiger partial charge in [-0.2, -0.15) is 0 Å². The number of aryl methyl sites for hydroxylation is 1. The fraction of sp³-hybridized carbons (Fsp3) is 0.350. The van der Waals surface area contributed by atoms with Gasteiger partial charge in [0.05, 0.1) is 13.2 Å². The van der Waals surface area contributed by atoms with E-state index in [0.29, 0.717) is 13.2 Å². The molecule has 0 saturated carbocycles. The second kappa shape index (κ2) is 5.85. The first-order valence-corrected chi connectivity index (χ1v) is 8.49. The number of ether oxygens (including phenoxy) is 1.